The minimum atomic E-state index is -3.54. The summed E-state index contributed by atoms with van der Waals surface area (Å²) in [7, 11) is -3.54. The van der Waals surface area contributed by atoms with E-state index in [9.17, 15) is 13.2 Å². The zero-order valence-electron chi connectivity index (χ0n) is 14.3. The molecule has 0 radical (unpaired) electrons. The van der Waals surface area contributed by atoms with Gasteiger partial charge in [-0.05, 0) is 37.0 Å². The van der Waals surface area contributed by atoms with Crippen molar-refractivity contribution in [1.29, 1.82) is 0 Å². The van der Waals surface area contributed by atoms with E-state index in [1.165, 1.54) is 10.4 Å². The van der Waals surface area contributed by atoms with Gasteiger partial charge in [0, 0.05) is 29.7 Å². The maximum absolute atomic E-state index is 12.7. The molecule has 1 fully saturated rings. The number of halogens is 2. The van der Waals surface area contributed by atoms with Gasteiger partial charge in [0.15, 0.2) is 0 Å². The number of unbranched alkanes of at least 4 members (excludes halogenated alkanes) is 1. The van der Waals surface area contributed by atoms with Crippen LogP contribution in [0.4, 0.5) is 0 Å². The van der Waals surface area contributed by atoms with Gasteiger partial charge < -0.3 is 5.32 Å². The van der Waals surface area contributed by atoms with Gasteiger partial charge in [-0.1, -0.05) is 42.6 Å². The summed E-state index contributed by atoms with van der Waals surface area (Å²) in [6, 6.07) is 4.79. The number of rotatable bonds is 7. The number of carbonyl (C=O) groups is 1. The van der Waals surface area contributed by atoms with Crippen molar-refractivity contribution in [2.24, 2.45) is 5.92 Å². The van der Waals surface area contributed by atoms with E-state index in [2.05, 4.69) is 12.2 Å². The topological polar surface area (TPSA) is 66.5 Å². The van der Waals surface area contributed by atoms with E-state index < -0.39 is 10.0 Å². The molecule has 0 aromatic heterocycles. The third kappa shape index (κ3) is 5.84. The molecule has 8 heteroatoms. The van der Waals surface area contributed by atoms with Crippen LogP contribution in [0.25, 0.3) is 0 Å². The molecule has 0 spiro atoms. The van der Waals surface area contributed by atoms with E-state index in [1.54, 1.807) is 12.1 Å². The Labute approximate surface area is 159 Å². The maximum Gasteiger partial charge on any atom is 0.224 e. The van der Waals surface area contributed by atoms with Crippen LogP contribution in [-0.4, -0.2) is 38.3 Å². The molecule has 0 saturated carbocycles. The molecule has 1 atom stereocenters. The van der Waals surface area contributed by atoms with Crippen molar-refractivity contribution in [3.63, 3.8) is 0 Å². The van der Waals surface area contributed by atoms with Gasteiger partial charge in [0.2, 0.25) is 15.9 Å². The van der Waals surface area contributed by atoms with Gasteiger partial charge in [-0.25, -0.2) is 12.7 Å². The van der Waals surface area contributed by atoms with Crippen molar-refractivity contribution >= 4 is 39.1 Å². The molecule has 140 valence electrons. The number of hydrogen-bond acceptors (Lipinski definition) is 3. The molecule has 1 aliphatic heterocycles. The Kier molecular flexibility index (Phi) is 7.55. The van der Waals surface area contributed by atoms with Crippen LogP contribution in [0.3, 0.4) is 0 Å². The quantitative estimate of drug-likeness (QED) is 0.704. The van der Waals surface area contributed by atoms with E-state index in [-0.39, 0.29) is 24.1 Å². The first-order valence-electron chi connectivity index (χ1n) is 8.53. The van der Waals surface area contributed by atoms with Gasteiger partial charge in [0.25, 0.3) is 0 Å². The second kappa shape index (κ2) is 9.21. The lowest BCUT2D eigenvalue weighted by atomic mass is 9.99. The van der Waals surface area contributed by atoms with Crippen LogP contribution >= 0.6 is 23.2 Å². The SMILES string of the molecule is CCCCNC(=O)C1CCCN(S(=O)(=O)Cc2ccc(Cl)cc2Cl)C1. The predicted molar refractivity (Wildman–Crippen MR) is 101 cm³/mol. The standard InChI is InChI=1S/C17H24Cl2N2O3S/c1-2-3-8-20-17(22)13-5-4-9-21(11-13)25(23,24)12-14-6-7-15(18)10-16(14)19/h6-7,10,13H,2-5,8-9,11-12H2,1H3,(H,20,22). The van der Waals surface area contributed by atoms with Crippen LogP contribution in [0, 0.1) is 5.92 Å². The molecule has 1 aromatic rings. The minimum Gasteiger partial charge on any atom is -0.356 e. The maximum atomic E-state index is 12.7. The molecule has 0 bridgehead atoms. The Morgan fingerprint density at radius 1 is 1.36 bits per heavy atom. The molecular weight excluding hydrogens is 383 g/mol. The number of nitrogens with zero attached hydrogens (tertiary/aromatic N) is 1. The van der Waals surface area contributed by atoms with E-state index in [0.29, 0.717) is 41.5 Å². The van der Waals surface area contributed by atoms with Crippen molar-refractivity contribution in [2.75, 3.05) is 19.6 Å². The summed E-state index contributed by atoms with van der Waals surface area (Å²) in [5.41, 5.74) is 0.514. The van der Waals surface area contributed by atoms with Gasteiger partial charge in [0.1, 0.15) is 0 Å². The van der Waals surface area contributed by atoms with Gasteiger partial charge in [-0.2, -0.15) is 0 Å². The van der Waals surface area contributed by atoms with Crippen LogP contribution in [-0.2, 0) is 20.6 Å². The molecule has 2 rings (SSSR count). The van der Waals surface area contributed by atoms with Gasteiger partial charge in [-0.15, -0.1) is 0 Å². The molecule has 1 aromatic carbocycles. The fraction of sp³-hybridized carbons (Fsp3) is 0.588. The molecule has 1 amide bonds. The van der Waals surface area contributed by atoms with Gasteiger partial charge >= 0.3 is 0 Å². The summed E-state index contributed by atoms with van der Waals surface area (Å²) in [6.45, 7) is 3.36. The summed E-state index contributed by atoms with van der Waals surface area (Å²) >= 11 is 11.9. The summed E-state index contributed by atoms with van der Waals surface area (Å²) in [5, 5.41) is 3.69. The van der Waals surface area contributed by atoms with Gasteiger partial charge in [-0.3, -0.25) is 4.79 Å². The second-order valence-corrected chi connectivity index (χ2v) is 9.15. The second-order valence-electron chi connectivity index (χ2n) is 6.33. The Morgan fingerprint density at radius 3 is 2.80 bits per heavy atom. The van der Waals surface area contributed by atoms with Crippen molar-refractivity contribution in [2.45, 2.75) is 38.4 Å². The number of benzene rings is 1. The fourth-order valence-electron chi connectivity index (χ4n) is 2.87. The average Bonchev–Trinajstić information content (AvgIpc) is 2.57. The largest absolute Gasteiger partial charge is 0.356 e. The first kappa shape index (κ1) is 20.5. The number of hydrogen-bond donors (Lipinski definition) is 1. The smallest absolute Gasteiger partial charge is 0.224 e. The number of amides is 1. The molecular formula is C17H24Cl2N2O3S. The number of carbonyl (C=O) groups excluding carboxylic acids is 1. The molecule has 5 nitrogen and oxygen atoms in total. The third-order valence-corrected chi connectivity index (χ3v) is 6.71. The summed E-state index contributed by atoms with van der Waals surface area (Å²) in [5.74, 6) is -0.536. The van der Waals surface area contributed by atoms with E-state index >= 15 is 0 Å². The molecule has 1 N–H and O–H groups in total. The number of nitrogens with one attached hydrogen (secondary N) is 1. The van der Waals surface area contributed by atoms with Crippen LogP contribution in [0.1, 0.15) is 38.2 Å². The molecule has 1 heterocycles. The fourth-order valence-corrected chi connectivity index (χ4v) is 5.06. The highest BCUT2D eigenvalue weighted by Gasteiger charge is 2.32. The highest BCUT2D eigenvalue weighted by molar-refractivity contribution is 7.88. The van der Waals surface area contributed by atoms with Crippen LogP contribution < -0.4 is 5.32 Å². The molecule has 1 unspecified atom stereocenters. The highest BCUT2D eigenvalue weighted by atomic mass is 35.5. The summed E-state index contributed by atoms with van der Waals surface area (Å²) in [4.78, 5) is 12.2. The Balaban J connectivity index is 2.02. The van der Waals surface area contributed by atoms with Crippen LogP contribution in [0.5, 0.6) is 0 Å². The normalized spacial score (nSPS) is 18.9. The minimum absolute atomic E-state index is 0.0575. The molecule has 0 aliphatic carbocycles. The Bertz CT molecular complexity index is 710. The van der Waals surface area contributed by atoms with E-state index in [4.69, 9.17) is 23.2 Å². The van der Waals surface area contributed by atoms with E-state index in [0.717, 1.165) is 12.8 Å². The van der Waals surface area contributed by atoms with Crippen molar-refractivity contribution in [3.8, 4) is 0 Å². The number of sulfonamides is 1. The monoisotopic (exact) mass is 406 g/mol. The lowest BCUT2D eigenvalue weighted by Crippen LogP contribution is -2.45. The third-order valence-electron chi connectivity index (χ3n) is 4.33. The average molecular weight is 407 g/mol. The molecule has 1 aliphatic rings. The van der Waals surface area contributed by atoms with E-state index in [1.807, 2.05) is 0 Å². The first-order valence-corrected chi connectivity index (χ1v) is 10.9. The van der Waals surface area contributed by atoms with Crippen molar-refractivity contribution in [1.82, 2.24) is 9.62 Å². The summed E-state index contributed by atoms with van der Waals surface area (Å²) < 4.78 is 26.9. The highest BCUT2D eigenvalue weighted by Crippen LogP contribution is 2.26. The number of piperidine rings is 1. The van der Waals surface area contributed by atoms with Crippen LogP contribution in [0.2, 0.25) is 10.0 Å². The van der Waals surface area contributed by atoms with Crippen LogP contribution in [0.15, 0.2) is 18.2 Å². The Morgan fingerprint density at radius 2 is 2.12 bits per heavy atom. The van der Waals surface area contributed by atoms with Crippen molar-refractivity contribution < 1.29 is 13.2 Å². The zero-order chi connectivity index (χ0) is 18.4. The Hall–Kier alpha value is -0.820. The van der Waals surface area contributed by atoms with Gasteiger partial charge in [0.05, 0.1) is 11.7 Å². The lowest BCUT2D eigenvalue weighted by molar-refractivity contribution is -0.126. The van der Waals surface area contributed by atoms with Crippen molar-refractivity contribution in [3.05, 3.63) is 33.8 Å². The summed E-state index contributed by atoms with van der Waals surface area (Å²) in [6.07, 6.45) is 3.33. The molecule has 1 saturated heterocycles. The molecule has 25 heavy (non-hydrogen) atoms. The zero-order valence-corrected chi connectivity index (χ0v) is 16.6. The first-order chi connectivity index (χ1) is 11.8. The lowest BCUT2D eigenvalue weighted by Gasteiger charge is -2.31. The predicted octanol–water partition coefficient (Wildman–Crippen LogP) is 3.45.